The number of benzene rings is 2. The third-order valence-electron chi connectivity index (χ3n) is 3.50. The zero-order valence-electron chi connectivity index (χ0n) is 13.0. The Kier molecular flexibility index (Phi) is 6.01. The molecule has 2 aromatic rings. The fourth-order valence-electron chi connectivity index (χ4n) is 2.22. The van der Waals surface area contributed by atoms with E-state index in [0.29, 0.717) is 18.6 Å². The Morgan fingerprint density at radius 2 is 1.87 bits per heavy atom. The van der Waals surface area contributed by atoms with Crippen molar-refractivity contribution in [3.63, 3.8) is 0 Å². The molecular formula is C17H21NO4S. The summed E-state index contributed by atoms with van der Waals surface area (Å²) >= 11 is 0. The monoisotopic (exact) mass is 335 g/mol. The molecule has 2 aromatic carbocycles. The van der Waals surface area contributed by atoms with Crippen molar-refractivity contribution >= 4 is 10.0 Å². The Labute approximate surface area is 137 Å². The van der Waals surface area contributed by atoms with E-state index in [2.05, 4.69) is 4.72 Å². The van der Waals surface area contributed by atoms with E-state index in [1.807, 2.05) is 30.3 Å². The van der Waals surface area contributed by atoms with Gasteiger partial charge in [0.1, 0.15) is 11.5 Å². The van der Waals surface area contributed by atoms with Gasteiger partial charge in [-0.15, -0.1) is 0 Å². The molecule has 0 aliphatic carbocycles. The number of para-hydroxylation sites is 1. The molecular weight excluding hydrogens is 314 g/mol. The van der Waals surface area contributed by atoms with Crippen LogP contribution in [0.15, 0.2) is 48.5 Å². The van der Waals surface area contributed by atoms with Gasteiger partial charge in [0, 0.05) is 6.54 Å². The summed E-state index contributed by atoms with van der Waals surface area (Å²) in [6.07, 6.45) is 0.869. The number of sulfonamides is 1. The van der Waals surface area contributed by atoms with E-state index in [0.717, 1.165) is 11.1 Å². The SMILES string of the molecule is COc1cccc(CCS(=O)(=O)NCCc2ccccc2O)c1. The highest BCUT2D eigenvalue weighted by molar-refractivity contribution is 7.89. The summed E-state index contributed by atoms with van der Waals surface area (Å²) in [6, 6.07) is 14.3. The minimum atomic E-state index is -3.35. The van der Waals surface area contributed by atoms with E-state index in [1.54, 1.807) is 25.3 Å². The van der Waals surface area contributed by atoms with Gasteiger partial charge in [0.25, 0.3) is 0 Å². The minimum Gasteiger partial charge on any atom is -0.508 e. The number of hydrogen-bond donors (Lipinski definition) is 2. The van der Waals surface area contributed by atoms with Gasteiger partial charge in [-0.1, -0.05) is 30.3 Å². The zero-order chi connectivity index (χ0) is 16.7. The molecule has 0 saturated carbocycles. The lowest BCUT2D eigenvalue weighted by Gasteiger charge is -2.08. The summed E-state index contributed by atoms with van der Waals surface area (Å²) in [5, 5.41) is 9.65. The molecule has 0 aliphatic rings. The van der Waals surface area contributed by atoms with Crippen molar-refractivity contribution in [1.82, 2.24) is 4.72 Å². The van der Waals surface area contributed by atoms with E-state index in [9.17, 15) is 13.5 Å². The van der Waals surface area contributed by atoms with Crippen molar-refractivity contribution in [3.05, 3.63) is 59.7 Å². The van der Waals surface area contributed by atoms with Crippen LogP contribution in [-0.2, 0) is 22.9 Å². The van der Waals surface area contributed by atoms with Crippen LogP contribution in [0.25, 0.3) is 0 Å². The standard InChI is InChI=1S/C17H21NO4S/c1-22-16-7-4-5-14(13-16)10-12-23(20,21)18-11-9-15-6-2-3-8-17(15)19/h2-8,13,18-19H,9-12H2,1H3. The number of nitrogens with one attached hydrogen (secondary N) is 1. The highest BCUT2D eigenvalue weighted by atomic mass is 32.2. The lowest BCUT2D eigenvalue weighted by molar-refractivity contribution is 0.414. The molecule has 6 heteroatoms. The summed E-state index contributed by atoms with van der Waals surface area (Å²) in [4.78, 5) is 0. The first-order valence-corrected chi connectivity index (χ1v) is 9.02. The van der Waals surface area contributed by atoms with Crippen molar-refractivity contribution in [2.75, 3.05) is 19.4 Å². The second kappa shape index (κ2) is 7.99. The van der Waals surface area contributed by atoms with E-state index in [1.165, 1.54) is 0 Å². The molecule has 23 heavy (non-hydrogen) atoms. The Morgan fingerprint density at radius 3 is 2.61 bits per heavy atom. The maximum atomic E-state index is 12.0. The van der Waals surface area contributed by atoms with Gasteiger partial charge in [0.05, 0.1) is 12.9 Å². The first-order chi connectivity index (χ1) is 11.0. The summed E-state index contributed by atoms with van der Waals surface area (Å²) in [5.74, 6) is 0.913. The minimum absolute atomic E-state index is 0.0148. The van der Waals surface area contributed by atoms with E-state index >= 15 is 0 Å². The Morgan fingerprint density at radius 1 is 1.09 bits per heavy atom. The third-order valence-corrected chi connectivity index (χ3v) is 4.89. The molecule has 0 aromatic heterocycles. The predicted octanol–water partition coefficient (Wildman–Crippen LogP) is 2.11. The molecule has 0 amide bonds. The highest BCUT2D eigenvalue weighted by Gasteiger charge is 2.11. The second-order valence-corrected chi connectivity index (χ2v) is 7.12. The molecule has 0 radical (unpaired) electrons. The van der Waals surface area contributed by atoms with Crippen LogP contribution < -0.4 is 9.46 Å². The number of aromatic hydroxyl groups is 1. The molecule has 5 nitrogen and oxygen atoms in total. The number of rotatable bonds is 8. The molecule has 2 N–H and O–H groups in total. The van der Waals surface area contributed by atoms with E-state index in [4.69, 9.17) is 4.74 Å². The summed E-state index contributed by atoms with van der Waals surface area (Å²) in [6.45, 7) is 0.262. The number of aryl methyl sites for hydroxylation is 1. The molecule has 0 unspecified atom stereocenters. The molecule has 0 heterocycles. The molecule has 124 valence electrons. The lowest BCUT2D eigenvalue weighted by Crippen LogP contribution is -2.29. The van der Waals surface area contributed by atoms with Gasteiger partial charge in [0.2, 0.25) is 10.0 Å². The molecule has 0 bridgehead atoms. The highest BCUT2D eigenvalue weighted by Crippen LogP contribution is 2.16. The maximum absolute atomic E-state index is 12.0. The van der Waals surface area contributed by atoms with Crippen molar-refractivity contribution in [3.8, 4) is 11.5 Å². The van der Waals surface area contributed by atoms with Crippen LogP contribution in [0.5, 0.6) is 11.5 Å². The first-order valence-electron chi connectivity index (χ1n) is 7.37. The number of methoxy groups -OCH3 is 1. The van der Waals surface area contributed by atoms with Gasteiger partial charge in [-0.05, 0) is 42.2 Å². The van der Waals surface area contributed by atoms with Crippen LogP contribution in [0.2, 0.25) is 0 Å². The van der Waals surface area contributed by atoms with Gasteiger partial charge in [0.15, 0.2) is 0 Å². The Balaban J connectivity index is 1.83. The van der Waals surface area contributed by atoms with Crippen LogP contribution in [0.4, 0.5) is 0 Å². The quantitative estimate of drug-likeness (QED) is 0.775. The Hall–Kier alpha value is -2.05. The molecule has 2 rings (SSSR count). The number of hydrogen-bond acceptors (Lipinski definition) is 4. The van der Waals surface area contributed by atoms with Gasteiger partial charge in [-0.25, -0.2) is 13.1 Å². The van der Waals surface area contributed by atoms with Crippen LogP contribution in [0.3, 0.4) is 0 Å². The van der Waals surface area contributed by atoms with Crippen molar-refractivity contribution in [2.24, 2.45) is 0 Å². The predicted molar refractivity (Wildman–Crippen MR) is 90.3 cm³/mol. The summed E-state index contributed by atoms with van der Waals surface area (Å²) < 4.78 is 31.7. The third kappa shape index (κ3) is 5.58. The fraction of sp³-hybridized carbons (Fsp3) is 0.294. The average Bonchev–Trinajstić information content (AvgIpc) is 2.55. The van der Waals surface area contributed by atoms with Crippen LogP contribution >= 0.6 is 0 Å². The number of ether oxygens (including phenoxy) is 1. The molecule has 0 fully saturated rings. The van der Waals surface area contributed by atoms with Gasteiger partial charge >= 0.3 is 0 Å². The number of phenols is 1. The average molecular weight is 335 g/mol. The van der Waals surface area contributed by atoms with Crippen LogP contribution in [0.1, 0.15) is 11.1 Å². The normalized spacial score (nSPS) is 11.3. The smallest absolute Gasteiger partial charge is 0.211 e. The lowest BCUT2D eigenvalue weighted by atomic mass is 10.1. The van der Waals surface area contributed by atoms with Gasteiger partial charge < -0.3 is 9.84 Å². The van der Waals surface area contributed by atoms with Gasteiger partial charge in [-0.3, -0.25) is 0 Å². The van der Waals surface area contributed by atoms with Crippen molar-refractivity contribution < 1.29 is 18.3 Å². The molecule has 0 spiro atoms. The van der Waals surface area contributed by atoms with Crippen LogP contribution in [-0.4, -0.2) is 32.9 Å². The summed E-state index contributed by atoms with van der Waals surface area (Å²) in [5.41, 5.74) is 1.64. The molecule has 0 aliphatic heterocycles. The topological polar surface area (TPSA) is 75.6 Å². The first kappa shape index (κ1) is 17.3. The second-order valence-electron chi connectivity index (χ2n) is 5.19. The maximum Gasteiger partial charge on any atom is 0.211 e. The van der Waals surface area contributed by atoms with E-state index in [-0.39, 0.29) is 18.0 Å². The van der Waals surface area contributed by atoms with Crippen molar-refractivity contribution in [1.29, 1.82) is 0 Å². The van der Waals surface area contributed by atoms with E-state index < -0.39 is 10.0 Å². The number of phenolic OH excluding ortho intramolecular Hbond substituents is 1. The zero-order valence-corrected chi connectivity index (χ0v) is 13.8. The summed E-state index contributed by atoms with van der Waals surface area (Å²) in [7, 11) is -1.78. The van der Waals surface area contributed by atoms with Crippen LogP contribution in [0, 0.1) is 0 Å². The largest absolute Gasteiger partial charge is 0.508 e. The molecule has 0 saturated heterocycles. The Bertz CT molecular complexity index is 744. The fourth-order valence-corrected chi connectivity index (χ4v) is 3.28. The molecule has 0 atom stereocenters. The van der Waals surface area contributed by atoms with Crippen molar-refractivity contribution in [2.45, 2.75) is 12.8 Å². The van der Waals surface area contributed by atoms with Gasteiger partial charge in [-0.2, -0.15) is 0 Å².